The summed E-state index contributed by atoms with van der Waals surface area (Å²) < 4.78 is 6.05. The molecule has 0 aliphatic carbocycles. The molecule has 214 valence electrons. The van der Waals surface area contributed by atoms with E-state index < -0.39 is 5.41 Å². The second-order valence-electron chi connectivity index (χ2n) is 11.1. The number of fused-ring (bicyclic) bond motifs is 1. The molecular formula is C33H34N6O3. The average molecular weight is 563 g/mol. The Kier molecular flexibility index (Phi) is 8.46. The number of aryl methyl sites for hydroxylation is 1. The van der Waals surface area contributed by atoms with Crippen LogP contribution in [0.25, 0.3) is 11.0 Å². The highest BCUT2D eigenvalue weighted by molar-refractivity contribution is 6.07. The number of amides is 2. The largest absolute Gasteiger partial charge is 0.492 e. The van der Waals surface area contributed by atoms with Gasteiger partial charge in [-0.2, -0.15) is 5.26 Å². The van der Waals surface area contributed by atoms with Gasteiger partial charge in [0.2, 0.25) is 0 Å². The summed E-state index contributed by atoms with van der Waals surface area (Å²) in [6.45, 7) is 8.99. The molecule has 0 saturated carbocycles. The Balaban J connectivity index is 1.32. The molecule has 9 heteroatoms. The zero-order chi connectivity index (χ0) is 29.7. The molecule has 2 N–H and O–H groups in total. The molecule has 0 spiro atoms. The van der Waals surface area contributed by atoms with Crippen molar-refractivity contribution < 1.29 is 14.3 Å². The van der Waals surface area contributed by atoms with E-state index in [1.807, 2.05) is 32.9 Å². The van der Waals surface area contributed by atoms with Crippen molar-refractivity contribution in [2.45, 2.75) is 39.0 Å². The number of nitriles is 1. The smallest absolute Gasteiger partial charge is 0.255 e. The summed E-state index contributed by atoms with van der Waals surface area (Å²) in [6, 6.07) is 18.1. The maximum absolute atomic E-state index is 13.4. The van der Waals surface area contributed by atoms with Crippen molar-refractivity contribution in [3.8, 4) is 11.8 Å². The first-order valence-corrected chi connectivity index (χ1v) is 14.1. The van der Waals surface area contributed by atoms with Crippen LogP contribution in [0.5, 0.6) is 5.75 Å². The van der Waals surface area contributed by atoms with Gasteiger partial charge in [-0.1, -0.05) is 6.07 Å². The van der Waals surface area contributed by atoms with Gasteiger partial charge in [-0.15, -0.1) is 0 Å². The first kappa shape index (κ1) is 28.7. The topological polar surface area (TPSA) is 120 Å². The molecule has 0 radical (unpaired) electrons. The second kappa shape index (κ2) is 12.4. The Labute approximate surface area is 245 Å². The minimum atomic E-state index is -0.807. The lowest BCUT2D eigenvalue weighted by Gasteiger charge is -2.20. The number of rotatable bonds is 9. The number of ether oxygens (including phenoxy) is 1. The van der Waals surface area contributed by atoms with Crippen molar-refractivity contribution in [3.05, 3.63) is 89.2 Å². The normalized spacial score (nSPS) is 13.5. The molecule has 1 aliphatic heterocycles. The molecular weight excluding hydrogens is 528 g/mol. The standard InChI is InChI=1S/C33H34N6O3/c1-22-6-8-26(20-29(22)38-31(40)23-7-9-28-30(18-23)36-11-10-35-28)37-32(41)24-16-25(33(2,3)21-34)19-27(17-24)42-15-14-39-12-4-5-13-39/h6-11,16-20H,4-5,12-15H2,1-3H3,(H,37,41)(H,38,40). The summed E-state index contributed by atoms with van der Waals surface area (Å²) in [4.78, 5) is 37.3. The Morgan fingerprint density at radius 2 is 1.67 bits per heavy atom. The number of anilines is 2. The van der Waals surface area contributed by atoms with E-state index in [9.17, 15) is 14.9 Å². The Hall–Kier alpha value is -4.81. The predicted octanol–water partition coefficient (Wildman–Crippen LogP) is 5.72. The first-order valence-electron chi connectivity index (χ1n) is 14.1. The van der Waals surface area contributed by atoms with Gasteiger partial charge in [0.15, 0.2) is 0 Å². The number of hydrogen-bond donors (Lipinski definition) is 2. The Morgan fingerprint density at radius 1 is 0.929 bits per heavy atom. The molecule has 0 atom stereocenters. The number of carbonyl (C=O) groups is 2. The lowest BCUT2D eigenvalue weighted by atomic mass is 9.85. The number of benzene rings is 3. The molecule has 9 nitrogen and oxygen atoms in total. The van der Waals surface area contributed by atoms with Gasteiger partial charge < -0.3 is 15.4 Å². The van der Waals surface area contributed by atoms with E-state index in [1.54, 1.807) is 54.9 Å². The van der Waals surface area contributed by atoms with Gasteiger partial charge in [-0.05, 0) is 106 Å². The third-order valence-corrected chi connectivity index (χ3v) is 7.52. The van der Waals surface area contributed by atoms with Gasteiger partial charge in [-0.3, -0.25) is 24.5 Å². The summed E-state index contributed by atoms with van der Waals surface area (Å²) in [7, 11) is 0. The molecule has 1 aromatic heterocycles. The van der Waals surface area contributed by atoms with Gasteiger partial charge in [0.25, 0.3) is 11.8 Å². The van der Waals surface area contributed by atoms with Crippen LogP contribution in [-0.4, -0.2) is 52.9 Å². The Morgan fingerprint density at radius 3 is 2.43 bits per heavy atom. The lowest BCUT2D eigenvalue weighted by Crippen LogP contribution is -2.25. The van der Waals surface area contributed by atoms with Gasteiger partial charge in [0.1, 0.15) is 12.4 Å². The summed E-state index contributed by atoms with van der Waals surface area (Å²) in [5.74, 6) is -0.0855. The number of nitrogens with zero attached hydrogens (tertiary/aromatic N) is 4. The van der Waals surface area contributed by atoms with Crippen molar-refractivity contribution >= 4 is 34.2 Å². The predicted molar refractivity (Wildman–Crippen MR) is 163 cm³/mol. The molecule has 1 fully saturated rings. The molecule has 0 unspecified atom stereocenters. The first-order chi connectivity index (χ1) is 20.2. The fraction of sp³-hybridized carbons (Fsp3) is 0.303. The van der Waals surface area contributed by atoms with Crippen LogP contribution in [0, 0.1) is 18.3 Å². The highest BCUT2D eigenvalue weighted by atomic mass is 16.5. The van der Waals surface area contributed by atoms with Gasteiger partial charge in [0, 0.05) is 41.4 Å². The van der Waals surface area contributed by atoms with Crippen molar-refractivity contribution in [1.29, 1.82) is 5.26 Å². The summed E-state index contributed by atoms with van der Waals surface area (Å²) >= 11 is 0. The van der Waals surface area contributed by atoms with Crippen molar-refractivity contribution in [1.82, 2.24) is 14.9 Å². The molecule has 2 amide bonds. The van der Waals surface area contributed by atoms with Gasteiger partial charge in [-0.25, -0.2) is 0 Å². The maximum atomic E-state index is 13.4. The molecule has 1 saturated heterocycles. The number of likely N-dealkylation sites (tertiary alicyclic amines) is 1. The highest BCUT2D eigenvalue weighted by Gasteiger charge is 2.23. The third-order valence-electron chi connectivity index (χ3n) is 7.52. The van der Waals surface area contributed by atoms with E-state index in [1.165, 1.54) is 12.8 Å². The highest BCUT2D eigenvalue weighted by Crippen LogP contribution is 2.29. The molecule has 2 heterocycles. The van der Waals surface area contributed by atoms with Crippen LogP contribution in [0.3, 0.4) is 0 Å². The Bertz CT molecular complexity index is 1670. The van der Waals surface area contributed by atoms with Crippen LogP contribution in [0.4, 0.5) is 11.4 Å². The van der Waals surface area contributed by atoms with E-state index >= 15 is 0 Å². The van der Waals surface area contributed by atoms with Crippen LogP contribution >= 0.6 is 0 Å². The number of nitrogens with one attached hydrogen (secondary N) is 2. The van der Waals surface area contributed by atoms with Crippen LogP contribution < -0.4 is 15.4 Å². The van der Waals surface area contributed by atoms with Gasteiger partial charge in [0.05, 0.1) is 22.5 Å². The number of carbonyl (C=O) groups excluding carboxylic acids is 2. The summed E-state index contributed by atoms with van der Waals surface area (Å²) in [5, 5.41) is 15.6. The third kappa shape index (κ3) is 6.73. The van der Waals surface area contributed by atoms with E-state index in [4.69, 9.17) is 4.74 Å². The van der Waals surface area contributed by atoms with E-state index in [0.29, 0.717) is 51.5 Å². The van der Waals surface area contributed by atoms with E-state index in [-0.39, 0.29) is 11.8 Å². The molecule has 0 bridgehead atoms. The number of hydrogen-bond acceptors (Lipinski definition) is 7. The maximum Gasteiger partial charge on any atom is 0.255 e. The summed E-state index contributed by atoms with van der Waals surface area (Å²) in [6.07, 6.45) is 5.61. The molecule has 1 aliphatic rings. The van der Waals surface area contributed by atoms with Crippen molar-refractivity contribution in [2.75, 3.05) is 36.9 Å². The van der Waals surface area contributed by atoms with Crippen molar-refractivity contribution in [2.24, 2.45) is 0 Å². The molecule has 4 aromatic rings. The quantitative estimate of drug-likeness (QED) is 0.268. The minimum absolute atomic E-state index is 0.295. The fourth-order valence-electron chi connectivity index (χ4n) is 4.87. The molecule has 5 rings (SSSR count). The molecule has 42 heavy (non-hydrogen) atoms. The average Bonchev–Trinajstić information content (AvgIpc) is 3.52. The van der Waals surface area contributed by atoms with E-state index in [0.717, 1.165) is 25.2 Å². The van der Waals surface area contributed by atoms with Crippen LogP contribution in [0.15, 0.2) is 67.0 Å². The van der Waals surface area contributed by atoms with Crippen LogP contribution in [-0.2, 0) is 5.41 Å². The number of aromatic nitrogens is 2. The zero-order valence-corrected chi connectivity index (χ0v) is 24.1. The summed E-state index contributed by atoms with van der Waals surface area (Å²) in [5.41, 5.74) is 4.00. The van der Waals surface area contributed by atoms with E-state index in [2.05, 4.69) is 31.6 Å². The minimum Gasteiger partial charge on any atom is -0.492 e. The van der Waals surface area contributed by atoms with Crippen LogP contribution in [0.2, 0.25) is 0 Å². The molecule has 3 aromatic carbocycles. The fourth-order valence-corrected chi connectivity index (χ4v) is 4.87. The SMILES string of the molecule is Cc1ccc(NC(=O)c2cc(OCCN3CCCC3)cc(C(C)(C)C#N)c2)cc1NC(=O)c1ccc2nccnc2c1. The van der Waals surface area contributed by atoms with Crippen molar-refractivity contribution in [3.63, 3.8) is 0 Å². The van der Waals surface area contributed by atoms with Crippen LogP contribution in [0.1, 0.15) is 58.5 Å². The van der Waals surface area contributed by atoms with Gasteiger partial charge >= 0.3 is 0 Å². The second-order valence-corrected chi connectivity index (χ2v) is 11.1. The monoisotopic (exact) mass is 562 g/mol. The zero-order valence-electron chi connectivity index (χ0n) is 24.1. The lowest BCUT2D eigenvalue weighted by molar-refractivity contribution is 0.101.